The quantitative estimate of drug-likeness (QED) is 0.664. The van der Waals surface area contributed by atoms with Crippen LogP contribution in [0.15, 0.2) is 28.0 Å². The van der Waals surface area contributed by atoms with Gasteiger partial charge in [-0.05, 0) is 42.3 Å². The monoisotopic (exact) mass is 347 g/mol. The number of hydrogen-bond acceptors (Lipinski definition) is 6. The van der Waals surface area contributed by atoms with Crippen LogP contribution < -0.4 is 0 Å². The molecule has 0 aliphatic rings. The lowest BCUT2D eigenvalue weighted by molar-refractivity contribution is -0.127. The number of aryl methyl sites for hydroxylation is 2. The number of aromatic nitrogens is 4. The second kappa shape index (κ2) is 6.67. The highest BCUT2D eigenvalue weighted by Crippen LogP contribution is 2.19. The van der Waals surface area contributed by atoms with Gasteiger partial charge < -0.3 is 4.90 Å². The number of carbonyl (C=O) groups is 1. The van der Waals surface area contributed by atoms with Crippen LogP contribution in [0, 0.1) is 13.8 Å². The summed E-state index contributed by atoms with van der Waals surface area (Å²) in [7, 11) is 1.82. The summed E-state index contributed by atoms with van der Waals surface area (Å²) in [6.07, 6.45) is 0. The van der Waals surface area contributed by atoms with E-state index in [-0.39, 0.29) is 5.91 Å². The van der Waals surface area contributed by atoms with E-state index in [1.807, 2.05) is 42.8 Å². The van der Waals surface area contributed by atoms with Gasteiger partial charge in [0.1, 0.15) is 0 Å². The fourth-order valence-electron chi connectivity index (χ4n) is 2.27. The molecule has 23 heavy (non-hydrogen) atoms. The topological polar surface area (TPSA) is 63.4 Å². The highest BCUT2D eigenvalue weighted by atomic mass is 32.2. The zero-order valence-corrected chi connectivity index (χ0v) is 14.8. The zero-order chi connectivity index (χ0) is 16.4. The minimum Gasteiger partial charge on any atom is -0.341 e. The zero-order valence-electron chi connectivity index (χ0n) is 13.2. The van der Waals surface area contributed by atoms with Gasteiger partial charge in [0, 0.05) is 25.0 Å². The van der Waals surface area contributed by atoms with Crippen molar-refractivity contribution in [2.45, 2.75) is 25.5 Å². The highest BCUT2D eigenvalue weighted by molar-refractivity contribution is 7.99. The maximum atomic E-state index is 12.3. The third-order valence-corrected chi connectivity index (χ3v) is 5.06. The number of fused-ring (bicyclic) bond motifs is 1. The summed E-state index contributed by atoms with van der Waals surface area (Å²) in [5.74, 6) is 0.967. The minimum atomic E-state index is 0.0654. The van der Waals surface area contributed by atoms with Crippen LogP contribution >= 0.6 is 23.1 Å². The molecule has 0 saturated carbocycles. The van der Waals surface area contributed by atoms with Crippen LogP contribution in [0.3, 0.4) is 0 Å². The molecule has 0 unspecified atom stereocenters. The van der Waals surface area contributed by atoms with E-state index >= 15 is 0 Å². The Bertz CT molecular complexity index is 828. The molecule has 3 aromatic rings. The summed E-state index contributed by atoms with van der Waals surface area (Å²) < 4.78 is 1.88. The molecule has 8 heteroatoms. The predicted molar refractivity (Wildman–Crippen MR) is 91.8 cm³/mol. The summed E-state index contributed by atoms with van der Waals surface area (Å²) in [4.78, 5) is 18.4. The first-order chi connectivity index (χ1) is 11.0. The molecule has 0 spiro atoms. The minimum absolute atomic E-state index is 0.0654. The summed E-state index contributed by atoms with van der Waals surface area (Å²) in [6, 6.07) is 4.01. The van der Waals surface area contributed by atoms with Gasteiger partial charge in [0.2, 0.25) is 5.91 Å². The van der Waals surface area contributed by atoms with Gasteiger partial charge in [0.25, 0.3) is 5.78 Å². The second-order valence-electron chi connectivity index (χ2n) is 5.33. The summed E-state index contributed by atoms with van der Waals surface area (Å²) in [6.45, 7) is 4.54. The number of amides is 1. The van der Waals surface area contributed by atoms with E-state index in [2.05, 4.69) is 20.6 Å². The third-order valence-electron chi connectivity index (χ3n) is 3.41. The van der Waals surface area contributed by atoms with Crippen LogP contribution in [-0.4, -0.2) is 43.2 Å². The predicted octanol–water partition coefficient (Wildman–Crippen LogP) is 2.55. The third kappa shape index (κ3) is 3.53. The van der Waals surface area contributed by atoms with Gasteiger partial charge in [-0.3, -0.25) is 9.20 Å². The molecule has 0 aromatic carbocycles. The van der Waals surface area contributed by atoms with Gasteiger partial charge in [-0.25, -0.2) is 4.98 Å². The second-order valence-corrected chi connectivity index (χ2v) is 7.05. The van der Waals surface area contributed by atoms with Gasteiger partial charge in [-0.2, -0.15) is 11.3 Å². The highest BCUT2D eigenvalue weighted by Gasteiger charge is 2.14. The maximum Gasteiger partial charge on any atom is 0.256 e. The van der Waals surface area contributed by atoms with E-state index in [1.165, 1.54) is 11.8 Å². The van der Waals surface area contributed by atoms with Crippen LogP contribution in [0.25, 0.3) is 5.78 Å². The molecule has 3 heterocycles. The molecule has 0 N–H and O–H groups in total. The van der Waals surface area contributed by atoms with E-state index in [9.17, 15) is 4.79 Å². The van der Waals surface area contributed by atoms with E-state index in [0.717, 1.165) is 17.0 Å². The SMILES string of the molecule is Cc1cc(C)n2c(SCC(=O)N(C)Cc3ccsc3)nnc2n1. The molecule has 6 nitrogen and oxygen atoms in total. The lowest BCUT2D eigenvalue weighted by atomic mass is 10.3. The van der Waals surface area contributed by atoms with Crippen molar-refractivity contribution in [3.8, 4) is 0 Å². The van der Waals surface area contributed by atoms with Crippen molar-refractivity contribution >= 4 is 34.8 Å². The van der Waals surface area contributed by atoms with Gasteiger partial charge >= 0.3 is 0 Å². The first kappa shape index (κ1) is 15.9. The fourth-order valence-corrected chi connectivity index (χ4v) is 3.86. The number of thioether (sulfide) groups is 1. The Balaban J connectivity index is 1.67. The van der Waals surface area contributed by atoms with Crippen LogP contribution in [0.4, 0.5) is 0 Å². The molecule has 0 fully saturated rings. The summed E-state index contributed by atoms with van der Waals surface area (Å²) in [5.41, 5.74) is 3.07. The number of thiophene rings is 1. The molecule has 0 radical (unpaired) electrons. The molecule has 0 saturated heterocycles. The van der Waals surface area contributed by atoms with Crippen molar-refractivity contribution in [2.24, 2.45) is 0 Å². The van der Waals surface area contributed by atoms with Crippen molar-refractivity contribution in [3.05, 3.63) is 39.8 Å². The smallest absolute Gasteiger partial charge is 0.256 e. The van der Waals surface area contributed by atoms with Crippen molar-refractivity contribution < 1.29 is 4.79 Å². The first-order valence-corrected chi connectivity index (χ1v) is 9.04. The van der Waals surface area contributed by atoms with Crippen LogP contribution in [0.1, 0.15) is 17.0 Å². The average molecular weight is 347 g/mol. The van der Waals surface area contributed by atoms with Crippen molar-refractivity contribution in [1.29, 1.82) is 0 Å². The largest absolute Gasteiger partial charge is 0.341 e. The lowest BCUT2D eigenvalue weighted by Crippen LogP contribution is -2.27. The van der Waals surface area contributed by atoms with Crippen LogP contribution in [0.2, 0.25) is 0 Å². The Morgan fingerprint density at radius 1 is 1.39 bits per heavy atom. The van der Waals surface area contributed by atoms with Crippen molar-refractivity contribution in [3.63, 3.8) is 0 Å². The van der Waals surface area contributed by atoms with E-state index in [4.69, 9.17) is 0 Å². The number of nitrogens with zero attached hydrogens (tertiary/aromatic N) is 5. The molecule has 120 valence electrons. The molecular formula is C15H17N5OS2. The molecular weight excluding hydrogens is 330 g/mol. The Kier molecular flexibility index (Phi) is 4.63. The molecule has 0 aliphatic carbocycles. The lowest BCUT2D eigenvalue weighted by Gasteiger charge is -2.15. The number of hydrogen-bond donors (Lipinski definition) is 0. The molecule has 0 bridgehead atoms. The summed E-state index contributed by atoms with van der Waals surface area (Å²) >= 11 is 3.02. The van der Waals surface area contributed by atoms with E-state index in [0.29, 0.717) is 23.2 Å². The molecule has 1 amide bonds. The van der Waals surface area contributed by atoms with Gasteiger partial charge in [-0.15, -0.1) is 10.2 Å². The normalized spacial score (nSPS) is 11.1. The summed E-state index contributed by atoms with van der Waals surface area (Å²) in [5, 5.41) is 13.0. The van der Waals surface area contributed by atoms with E-state index < -0.39 is 0 Å². The molecule has 0 aliphatic heterocycles. The number of rotatable bonds is 5. The van der Waals surface area contributed by atoms with Crippen molar-refractivity contribution in [1.82, 2.24) is 24.5 Å². The average Bonchev–Trinajstić information content (AvgIpc) is 3.14. The Hall–Kier alpha value is -1.93. The number of carbonyl (C=O) groups excluding carboxylic acids is 1. The first-order valence-electron chi connectivity index (χ1n) is 7.12. The van der Waals surface area contributed by atoms with Gasteiger partial charge in [-0.1, -0.05) is 11.8 Å². The molecule has 3 rings (SSSR count). The van der Waals surface area contributed by atoms with Crippen LogP contribution in [-0.2, 0) is 11.3 Å². The van der Waals surface area contributed by atoms with Gasteiger partial charge in [0.15, 0.2) is 5.16 Å². The standard InChI is InChI=1S/C15H17N5OS2/c1-10-6-11(2)20-14(16-10)17-18-15(20)23-9-13(21)19(3)7-12-4-5-22-8-12/h4-6,8H,7,9H2,1-3H3. The molecule has 3 aromatic heterocycles. The van der Waals surface area contributed by atoms with E-state index in [1.54, 1.807) is 16.2 Å². The fraction of sp³-hybridized carbons (Fsp3) is 0.333. The van der Waals surface area contributed by atoms with Gasteiger partial charge in [0.05, 0.1) is 5.75 Å². The Labute approximate surface area is 142 Å². The molecule has 0 atom stereocenters. The Morgan fingerprint density at radius 3 is 2.96 bits per heavy atom. The Morgan fingerprint density at radius 2 is 2.22 bits per heavy atom. The van der Waals surface area contributed by atoms with Crippen LogP contribution in [0.5, 0.6) is 0 Å². The maximum absolute atomic E-state index is 12.3. The van der Waals surface area contributed by atoms with Crippen molar-refractivity contribution in [2.75, 3.05) is 12.8 Å².